The Balaban J connectivity index is 2.98. The molecule has 0 unspecified atom stereocenters. The van der Waals surface area contributed by atoms with E-state index in [1.807, 2.05) is 6.92 Å². The summed E-state index contributed by atoms with van der Waals surface area (Å²) in [5.74, 6) is 0. The van der Waals surface area contributed by atoms with Gasteiger partial charge in [0.25, 0.3) is 0 Å². The van der Waals surface area contributed by atoms with Gasteiger partial charge in [0.1, 0.15) is 11.5 Å². The van der Waals surface area contributed by atoms with E-state index in [4.69, 9.17) is 11.6 Å². The van der Waals surface area contributed by atoms with Crippen molar-refractivity contribution in [2.45, 2.75) is 6.92 Å². The zero-order valence-corrected chi connectivity index (χ0v) is 5.89. The number of hydrogen-bond acceptors (Lipinski definition) is 1. The van der Waals surface area contributed by atoms with Crippen molar-refractivity contribution >= 4 is 17.3 Å². The second-order valence-electron chi connectivity index (χ2n) is 1.84. The number of halogens is 1. The van der Waals surface area contributed by atoms with Crippen molar-refractivity contribution in [3.05, 3.63) is 24.3 Å². The molecule has 0 saturated carbocycles. The second-order valence-corrected chi connectivity index (χ2v) is 2.23. The van der Waals surface area contributed by atoms with Crippen LogP contribution in [0, 0.1) is 0 Å². The molecule has 0 aliphatic heterocycles. The van der Waals surface area contributed by atoms with Gasteiger partial charge in [-0.1, -0.05) is 18.2 Å². The van der Waals surface area contributed by atoms with Crippen LogP contribution in [0.4, 0.5) is 0 Å². The van der Waals surface area contributed by atoms with Crippen LogP contribution in [-0.4, -0.2) is 9.55 Å². The fourth-order valence-corrected chi connectivity index (χ4v) is 0.656. The topological polar surface area (TPSA) is 17.8 Å². The standard InChI is InChI=1S/C6H7ClN2/c1-5(2)9-3-6(7)8-4-9/h3-4H,1H2,2H3. The van der Waals surface area contributed by atoms with Gasteiger partial charge in [-0.05, 0) is 6.92 Å². The predicted molar refractivity (Wildman–Crippen MR) is 38.2 cm³/mol. The van der Waals surface area contributed by atoms with Gasteiger partial charge >= 0.3 is 0 Å². The minimum Gasteiger partial charge on any atom is -0.309 e. The fraction of sp³-hybridized carbons (Fsp3) is 0.167. The summed E-state index contributed by atoms with van der Waals surface area (Å²) < 4.78 is 1.77. The number of nitrogens with zero attached hydrogens (tertiary/aromatic N) is 2. The molecule has 1 aromatic rings. The molecule has 1 rings (SSSR count). The molecule has 0 atom stereocenters. The molecule has 0 aromatic carbocycles. The molecule has 0 bridgehead atoms. The summed E-state index contributed by atoms with van der Waals surface area (Å²) in [7, 11) is 0. The summed E-state index contributed by atoms with van der Waals surface area (Å²) in [6.45, 7) is 5.59. The van der Waals surface area contributed by atoms with E-state index in [2.05, 4.69) is 11.6 Å². The second kappa shape index (κ2) is 2.23. The monoisotopic (exact) mass is 142 g/mol. The number of rotatable bonds is 1. The Morgan fingerprint density at radius 1 is 1.89 bits per heavy atom. The molecule has 0 amide bonds. The van der Waals surface area contributed by atoms with Crippen LogP contribution in [-0.2, 0) is 0 Å². The number of hydrogen-bond donors (Lipinski definition) is 0. The molecule has 0 aliphatic rings. The van der Waals surface area contributed by atoms with E-state index in [1.54, 1.807) is 17.1 Å². The average molecular weight is 143 g/mol. The van der Waals surface area contributed by atoms with Crippen LogP contribution in [0.25, 0.3) is 5.70 Å². The summed E-state index contributed by atoms with van der Waals surface area (Å²) in [5, 5.41) is 0.498. The maximum Gasteiger partial charge on any atom is 0.147 e. The third-order valence-corrected chi connectivity index (χ3v) is 1.19. The van der Waals surface area contributed by atoms with Crippen LogP contribution in [0.5, 0.6) is 0 Å². The first-order chi connectivity index (χ1) is 4.20. The van der Waals surface area contributed by atoms with Gasteiger partial charge in [0.2, 0.25) is 0 Å². The Hall–Kier alpha value is -0.760. The summed E-state index contributed by atoms with van der Waals surface area (Å²) in [5.41, 5.74) is 0.911. The third kappa shape index (κ3) is 1.33. The smallest absolute Gasteiger partial charge is 0.147 e. The molecule has 2 nitrogen and oxygen atoms in total. The lowest BCUT2D eigenvalue weighted by molar-refractivity contribution is 1.08. The van der Waals surface area contributed by atoms with Gasteiger partial charge in [0.05, 0.1) is 0 Å². The molecule has 0 aliphatic carbocycles. The van der Waals surface area contributed by atoms with Crippen LogP contribution in [0.15, 0.2) is 19.1 Å². The van der Waals surface area contributed by atoms with Gasteiger partial charge in [-0.15, -0.1) is 0 Å². The first-order valence-electron chi connectivity index (χ1n) is 2.55. The van der Waals surface area contributed by atoms with Gasteiger partial charge in [0, 0.05) is 11.9 Å². The molecule has 0 radical (unpaired) electrons. The SMILES string of the molecule is C=C(C)n1cnc(Cl)c1. The van der Waals surface area contributed by atoms with Gasteiger partial charge in [0.15, 0.2) is 0 Å². The molecule has 3 heteroatoms. The van der Waals surface area contributed by atoms with Gasteiger partial charge in [-0.3, -0.25) is 0 Å². The maximum atomic E-state index is 5.53. The Morgan fingerprint density at radius 2 is 2.56 bits per heavy atom. The van der Waals surface area contributed by atoms with E-state index in [0.717, 1.165) is 5.70 Å². The molecule has 0 spiro atoms. The molecule has 48 valence electrons. The average Bonchev–Trinajstić information content (AvgIpc) is 2.14. The van der Waals surface area contributed by atoms with Crippen LogP contribution < -0.4 is 0 Å². The van der Waals surface area contributed by atoms with Crippen LogP contribution >= 0.6 is 11.6 Å². The Labute approximate surface area is 58.8 Å². The van der Waals surface area contributed by atoms with Crippen molar-refractivity contribution in [3.8, 4) is 0 Å². The third-order valence-electron chi connectivity index (χ3n) is 0.992. The lowest BCUT2D eigenvalue weighted by atomic mass is 10.6. The quantitative estimate of drug-likeness (QED) is 0.587. The minimum atomic E-state index is 0.498. The van der Waals surface area contributed by atoms with Gasteiger partial charge in [-0.2, -0.15) is 0 Å². The molecule has 0 fully saturated rings. The van der Waals surface area contributed by atoms with Crippen molar-refractivity contribution in [2.75, 3.05) is 0 Å². The Morgan fingerprint density at radius 3 is 2.78 bits per heavy atom. The van der Waals surface area contributed by atoms with E-state index in [9.17, 15) is 0 Å². The predicted octanol–water partition coefficient (Wildman–Crippen LogP) is 2.03. The fourth-order valence-electron chi connectivity index (χ4n) is 0.508. The van der Waals surface area contributed by atoms with E-state index >= 15 is 0 Å². The Bertz CT molecular complexity index is 227. The Kier molecular flexibility index (Phi) is 1.58. The molecule has 0 N–H and O–H groups in total. The lowest BCUT2D eigenvalue weighted by Crippen LogP contribution is -1.84. The first kappa shape index (κ1) is 6.36. The van der Waals surface area contributed by atoms with E-state index < -0.39 is 0 Å². The summed E-state index contributed by atoms with van der Waals surface area (Å²) >= 11 is 5.53. The maximum absolute atomic E-state index is 5.53. The number of aromatic nitrogens is 2. The molecule has 1 heterocycles. The van der Waals surface area contributed by atoms with Crippen LogP contribution in [0.1, 0.15) is 6.92 Å². The zero-order chi connectivity index (χ0) is 6.85. The van der Waals surface area contributed by atoms with Gasteiger partial charge < -0.3 is 4.57 Å². The summed E-state index contributed by atoms with van der Waals surface area (Å²) in [6.07, 6.45) is 3.34. The molecule has 0 saturated heterocycles. The normalized spacial score (nSPS) is 9.56. The van der Waals surface area contributed by atoms with E-state index in [0.29, 0.717) is 5.15 Å². The van der Waals surface area contributed by atoms with Crippen LogP contribution in [0.3, 0.4) is 0 Å². The number of imidazole rings is 1. The van der Waals surface area contributed by atoms with Gasteiger partial charge in [-0.25, -0.2) is 4.98 Å². The zero-order valence-electron chi connectivity index (χ0n) is 5.13. The lowest BCUT2D eigenvalue weighted by Gasteiger charge is -1.94. The van der Waals surface area contributed by atoms with Crippen molar-refractivity contribution in [1.29, 1.82) is 0 Å². The first-order valence-corrected chi connectivity index (χ1v) is 2.93. The van der Waals surface area contributed by atoms with Crippen LogP contribution in [0.2, 0.25) is 5.15 Å². The molecule has 1 aromatic heterocycles. The largest absolute Gasteiger partial charge is 0.309 e. The van der Waals surface area contributed by atoms with E-state index in [-0.39, 0.29) is 0 Å². The highest BCUT2D eigenvalue weighted by Gasteiger charge is 1.92. The molecular weight excluding hydrogens is 136 g/mol. The van der Waals surface area contributed by atoms with Crippen molar-refractivity contribution in [1.82, 2.24) is 9.55 Å². The highest BCUT2D eigenvalue weighted by Crippen LogP contribution is 2.06. The van der Waals surface area contributed by atoms with Crippen molar-refractivity contribution < 1.29 is 0 Å². The van der Waals surface area contributed by atoms with E-state index in [1.165, 1.54) is 0 Å². The summed E-state index contributed by atoms with van der Waals surface area (Å²) in [4.78, 5) is 3.81. The number of allylic oxidation sites excluding steroid dienone is 1. The summed E-state index contributed by atoms with van der Waals surface area (Å²) in [6, 6.07) is 0. The van der Waals surface area contributed by atoms with Crippen molar-refractivity contribution in [3.63, 3.8) is 0 Å². The highest BCUT2D eigenvalue weighted by atomic mass is 35.5. The highest BCUT2D eigenvalue weighted by molar-refractivity contribution is 6.29. The molecule has 9 heavy (non-hydrogen) atoms. The van der Waals surface area contributed by atoms with Crippen molar-refractivity contribution in [2.24, 2.45) is 0 Å². The minimum absolute atomic E-state index is 0.498. The molecular formula is C6H7ClN2.